The van der Waals surface area contributed by atoms with Gasteiger partial charge in [0.25, 0.3) is 0 Å². The number of carbonyl (C=O) groups is 1. The Morgan fingerprint density at radius 1 is 1.25 bits per heavy atom. The third-order valence-corrected chi connectivity index (χ3v) is 3.17. The van der Waals surface area contributed by atoms with Gasteiger partial charge in [0.2, 0.25) is 0 Å². The van der Waals surface area contributed by atoms with E-state index in [9.17, 15) is 9.18 Å². The second-order valence-corrected chi connectivity index (χ2v) is 4.78. The van der Waals surface area contributed by atoms with E-state index < -0.39 is 11.8 Å². The highest BCUT2D eigenvalue weighted by Crippen LogP contribution is 2.29. The van der Waals surface area contributed by atoms with Crippen LogP contribution in [0.2, 0.25) is 0 Å². The van der Waals surface area contributed by atoms with Crippen molar-refractivity contribution in [2.24, 2.45) is 0 Å². The molecule has 0 amide bonds. The van der Waals surface area contributed by atoms with Crippen LogP contribution in [0.5, 0.6) is 11.5 Å². The smallest absolute Gasteiger partial charge is 0.341 e. The third-order valence-electron chi connectivity index (χ3n) is 2.53. The zero-order chi connectivity index (χ0) is 14.7. The maximum atomic E-state index is 13.4. The van der Waals surface area contributed by atoms with Crippen molar-refractivity contribution in [1.29, 1.82) is 0 Å². The minimum Gasteiger partial charge on any atom is -0.465 e. The lowest BCUT2D eigenvalue weighted by Crippen LogP contribution is -2.04. The first-order valence-corrected chi connectivity index (χ1v) is 6.41. The molecule has 0 heterocycles. The number of nitrogens with two attached hydrogens (primary N) is 1. The molecule has 2 aromatic rings. The summed E-state index contributed by atoms with van der Waals surface area (Å²) in [4.78, 5) is 11.7. The summed E-state index contributed by atoms with van der Waals surface area (Å²) in [5, 5.41) is 0. The molecule has 0 unspecified atom stereocenters. The van der Waals surface area contributed by atoms with Crippen molar-refractivity contribution in [2.45, 2.75) is 0 Å². The van der Waals surface area contributed by atoms with Gasteiger partial charge < -0.3 is 15.2 Å². The summed E-state index contributed by atoms with van der Waals surface area (Å²) in [5.41, 5.74) is 6.21. The molecule has 0 aliphatic heterocycles. The Morgan fingerprint density at radius 2 is 2.00 bits per heavy atom. The van der Waals surface area contributed by atoms with E-state index in [1.165, 1.54) is 31.4 Å². The minimum absolute atomic E-state index is 0.177. The molecule has 0 atom stereocenters. The molecular formula is C14H11BrFNO3. The molecule has 20 heavy (non-hydrogen) atoms. The number of halogens is 2. The van der Waals surface area contributed by atoms with Crippen LogP contribution in [0.25, 0.3) is 0 Å². The van der Waals surface area contributed by atoms with Crippen LogP contribution < -0.4 is 10.5 Å². The molecule has 0 aromatic heterocycles. The maximum Gasteiger partial charge on any atom is 0.341 e. The predicted molar refractivity (Wildman–Crippen MR) is 76.4 cm³/mol. The second-order valence-electron chi connectivity index (χ2n) is 3.93. The molecule has 0 saturated carbocycles. The number of ether oxygens (including phenoxy) is 2. The molecule has 0 aliphatic rings. The topological polar surface area (TPSA) is 61.5 Å². The minimum atomic E-state index is -0.579. The third kappa shape index (κ3) is 3.08. The number of methoxy groups -OCH3 is 1. The van der Waals surface area contributed by atoms with Gasteiger partial charge in [0.15, 0.2) is 0 Å². The van der Waals surface area contributed by atoms with Gasteiger partial charge >= 0.3 is 5.97 Å². The average Bonchev–Trinajstić information content (AvgIpc) is 2.44. The summed E-state index contributed by atoms with van der Waals surface area (Å²) in [6, 6.07) is 8.85. The largest absolute Gasteiger partial charge is 0.465 e. The molecule has 104 valence electrons. The Balaban J connectivity index is 2.37. The normalized spacial score (nSPS) is 10.2. The maximum absolute atomic E-state index is 13.4. The summed E-state index contributed by atoms with van der Waals surface area (Å²) in [7, 11) is 1.26. The first-order valence-electron chi connectivity index (χ1n) is 5.62. The van der Waals surface area contributed by atoms with E-state index in [0.717, 1.165) is 0 Å². The predicted octanol–water partition coefficient (Wildman–Crippen LogP) is 3.75. The van der Waals surface area contributed by atoms with Crippen LogP contribution in [0, 0.1) is 5.82 Å². The van der Waals surface area contributed by atoms with E-state index >= 15 is 0 Å². The summed E-state index contributed by atoms with van der Waals surface area (Å²) >= 11 is 3.05. The van der Waals surface area contributed by atoms with Crippen molar-refractivity contribution >= 4 is 27.6 Å². The quantitative estimate of drug-likeness (QED) is 0.683. The van der Waals surface area contributed by atoms with Crippen LogP contribution in [0.4, 0.5) is 10.1 Å². The SMILES string of the molecule is COC(=O)c1cc(N)ccc1Oc1ccc(Br)c(F)c1. The fraction of sp³-hybridized carbons (Fsp3) is 0.0714. The summed E-state index contributed by atoms with van der Waals surface area (Å²) < 4.78 is 23.9. The highest BCUT2D eigenvalue weighted by Gasteiger charge is 2.14. The Morgan fingerprint density at radius 3 is 2.65 bits per heavy atom. The van der Waals surface area contributed by atoms with Crippen LogP contribution in [0.1, 0.15) is 10.4 Å². The van der Waals surface area contributed by atoms with Crippen LogP contribution in [-0.4, -0.2) is 13.1 Å². The summed E-state index contributed by atoms with van der Waals surface area (Å²) in [6.07, 6.45) is 0. The molecule has 0 bridgehead atoms. The number of hydrogen-bond donors (Lipinski definition) is 1. The Labute approximate surface area is 123 Å². The Bertz CT molecular complexity index is 661. The van der Waals surface area contributed by atoms with Crippen molar-refractivity contribution in [2.75, 3.05) is 12.8 Å². The highest BCUT2D eigenvalue weighted by molar-refractivity contribution is 9.10. The molecular weight excluding hydrogens is 329 g/mol. The Hall–Kier alpha value is -2.08. The van der Waals surface area contributed by atoms with E-state index in [2.05, 4.69) is 20.7 Å². The first kappa shape index (κ1) is 14.3. The second kappa shape index (κ2) is 5.92. The zero-order valence-electron chi connectivity index (χ0n) is 10.5. The van der Waals surface area contributed by atoms with Gasteiger partial charge in [-0.25, -0.2) is 9.18 Å². The molecule has 0 aliphatic carbocycles. The van der Waals surface area contributed by atoms with Gasteiger partial charge in [0.05, 0.1) is 11.6 Å². The standard InChI is InChI=1S/C14H11BrFNO3/c1-19-14(18)10-6-8(17)2-5-13(10)20-9-3-4-11(15)12(16)7-9/h2-7H,17H2,1H3. The number of carbonyl (C=O) groups excluding carboxylic acids is 1. The lowest BCUT2D eigenvalue weighted by molar-refractivity contribution is 0.0598. The van der Waals surface area contributed by atoms with E-state index in [4.69, 9.17) is 10.5 Å². The number of benzene rings is 2. The lowest BCUT2D eigenvalue weighted by atomic mass is 10.2. The van der Waals surface area contributed by atoms with Gasteiger partial charge in [-0.3, -0.25) is 0 Å². The van der Waals surface area contributed by atoms with Gasteiger partial charge in [-0.05, 0) is 46.3 Å². The molecule has 2 aromatic carbocycles. The number of hydrogen-bond acceptors (Lipinski definition) is 4. The highest BCUT2D eigenvalue weighted by atomic mass is 79.9. The van der Waals surface area contributed by atoms with Gasteiger partial charge in [-0.1, -0.05) is 0 Å². The molecule has 0 spiro atoms. The van der Waals surface area contributed by atoms with Crippen molar-refractivity contribution in [3.8, 4) is 11.5 Å². The van der Waals surface area contributed by atoms with Crippen LogP contribution in [-0.2, 0) is 4.74 Å². The van der Waals surface area contributed by atoms with Gasteiger partial charge in [0.1, 0.15) is 22.9 Å². The van der Waals surface area contributed by atoms with Crippen LogP contribution in [0.3, 0.4) is 0 Å². The van der Waals surface area contributed by atoms with Gasteiger partial charge in [-0.15, -0.1) is 0 Å². The number of esters is 1. The monoisotopic (exact) mass is 339 g/mol. The fourth-order valence-electron chi connectivity index (χ4n) is 1.57. The summed E-state index contributed by atoms with van der Waals surface area (Å²) in [5.74, 6) is -0.532. The van der Waals surface area contributed by atoms with Gasteiger partial charge in [-0.2, -0.15) is 0 Å². The van der Waals surface area contributed by atoms with Crippen LogP contribution in [0.15, 0.2) is 40.9 Å². The zero-order valence-corrected chi connectivity index (χ0v) is 12.1. The molecule has 2 rings (SSSR count). The number of anilines is 1. The lowest BCUT2D eigenvalue weighted by Gasteiger charge is -2.11. The van der Waals surface area contributed by atoms with Crippen LogP contribution >= 0.6 is 15.9 Å². The van der Waals surface area contributed by atoms with Crippen molar-refractivity contribution in [1.82, 2.24) is 0 Å². The molecule has 4 nitrogen and oxygen atoms in total. The average molecular weight is 340 g/mol. The number of nitrogen functional groups attached to an aromatic ring is 1. The van der Waals surface area contributed by atoms with E-state index in [-0.39, 0.29) is 17.1 Å². The molecule has 0 saturated heterocycles. The van der Waals surface area contributed by atoms with E-state index in [1.54, 1.807) is 12.1 Å². The molecule has 2 N–H and O–H groups in total. The Kier molecular flexibility index (Phi) is 4.24. The van der Waals surface area contributed by atoms with E-state index in [1.807, 2.05) is 0 Å². The van der Waals surface area contributed by atoms with Gasteiger partial charge in [0, 0.05) is 11.8 Å². The van der Waals surface area contributed by atoms with Crippen molar-refractivity contribution < 1.29 is 18.7 Å². The van der Waals surface area contributed by atoms with E-state index in [0.29, 0.717) is 10.2 Å². The van der Waals surface area contributed by atoms with Crippen molar-refractivity contribution in [3.63, 3.8) is 0 Å². The molecule has 0 radical (unpaired) electrons. The molecule has 6 heteroatoms. The van der Waals surface area contributed by atoms with Crippen molar-refractivity contribution in [3.05, 3.63) is 52.3 Å². The fourth-order valence-corrected chi connectivity index (χ4v) is 1.82. The number of rotatable bonds is 3. The molecule has 0 fully saturated rings. The first-order chi connectivity index (χ1) is 9.51. The summed E-state index contributed by atoms with van der Waals surface area (Å²) in [6.45, 7) is 0.